The van der Waals surface area contributed by atoms with Gasteiger partial charge in [0.15, 0.2) is 0 Å². The topological polar surface area (TPSA) is 21.3 Å². The van der Waals surface area contributed by atoms with Crippen LogP contribution in [0.3, 0.4) is 0 Å². The predicted molar refractivity (Wildman–Crippen MR) is 46.0 cm³/mol. The lowest BCUT2D eigenvalue weighted by Gasteiger charge is -2.40. The van der Waals surface area contributed by atoms with Crippen LogP contribution in [0.2, 0.25) is 0 Å². The first-order chi connectivity index (χ1) is 5.25. The van der Waals surface area contributed by atoms with E-state index >= 15 is 0 Å². The third-order valence-electron chi connectivity index (χ3n) is 2.59. The number of nitrogens with one attached hydrogen (secondary N) is 1. The Morgan fingerprint density at radius 3 is 2.82 bits per heavy atom. The molecule has 2 heteroatoms. The summed E-state index contributed by atoms with van der Waals surface area (Å²) in [5.74, 6) is 1.60. The lowest BCUT2D eigenvalue weighted by molar-refractivity contribution is -0.0308. The maximum absolute atomic E-state index is 5.14. The molecule has 0 radical (unpaired) electrons. The summed E-state index contributed by atoms with van der Waals surface area (Å²) in [4.78, 5) is 5.14. The van der Waals surface area contributed by atoms with Crippen molar-refractivity contribution in [3.63, 3.8) is 0 Å². The molecule has 3 unspecified atom stereocenters. The summed E-state index contributed by atoms with van der Waals surface area (Å²) in [6.07, 6.45) is 2.98. The van der Waals surface area contributed by atoms with Crippen LogP contribution >= 0.6 is 0 Å². The number of hydrogen-bond donors (Lipinski definition) is 1. The molecule has 1 aliphatic rings. The van der Waals surface area contributed by atoms with E-state index in [2.05, 4.69) is 25.9 Å². The van der Waals surface area contributed by atoms with Gasteiger partial charge in [0, 0.05) is 6.04 Å². The summed E-state index contributed by atoms with van der Waals surface area (Å²) in [6, 6.07) is 0.560. The average Bonchev–Trinajstić information content (AvgIpc) is 2.03. The van der Waals surface area contributed by atoms with Crippen LogP contribution in [0.15, 0.2) is 12.7 Å². The molecule has 0 saturated heterocycles. The van der Waals surface area contributed by atoms with Crippen LogP contribution in [-0.2, 0) is 4.84 Å². The first-order valence-electron chi connectivity index (χ1n) is 4.24. The van der Waals surface area contributed by atoms with Crippen molar-refractivity contribution in [2.75, 3.05) is 6.61 Å². The highest BCUT2D eigenvalue weighted by Crippen LogP contribution is 2.33. The molecule has 0 aromatic carbocycles. The van der Waals surface area contributed by atoms with Gasteiger partial charge >= 0.3 is 0 Å². The molecule has 0 amide bonds. The molecule has 64 valence electrons. The summed E-state index contributed by atoms with van der Waals surface area (Å²) in [5.41, 5.74) is 3.03. The lowest BCUT2D eigenvalue weighted by Crippen LogP contribution is -2.47. The van der Waals surface area contributed by atoms with Crippen molar-refractivity contribution in [1.29, 1.82) is 0 Å². The largest absolute Gasteiger partial charge is 0.297 e. The maximum atomic E-state index is 5.14. The Morgan fingerprint density at radius 2 is 2.36 bits per heavy atom. The van der Waals surface area contributed by atoms with Crippen LogP contribution < -0.4 is 5.48 Å². The normalized spacial score (nSPS) is 36.4. The molecule has 1 saturated carbocycles. The van der Waals surface area contributed by atoms with Crippen molar-refractivity contribution in [2.24, 2.45) is 11.8 Å². The average molecular weight is 155 g/mol. The quantitative estimate of drug-likeness (QED) is 0.379. The Morgan fingerprint density at radius 1 is 1.64 bits per heavy atom. The Hall–Kier alpha value is -0.340. The minimum absolute atomic E-state index is 0.560. The molecule has 0 aliphatic heterocycles. The summed E-state index contributed by atoms with van der Waals surface area (Å²) >= 11 is 0. The van der Waals surface area contributed by atoms with Crippen molar-refractivity contribution < 1.29 is 4.84 Å². The van der Waals surface area contributed by atoms with Crippen LogP contribution in [-0.4, -0.2) is 12.6 Å². The predicted octanol–water partition coefficient (Wildman–Crippen LogP) is 1.74. The highest BCUT2D eigenvalue weighted by Gasteiger charge is 2.34. The second kappa shape index (κ2) is 3.88. The summed E-state index contributed by atoms with van der Waals surface area (Å²) < 4.78 is 0. The third-order valence-corrected chi connectivity index (χ3v) is 2.59. The van der Waals surface area contributed by atoms with Crippen molar-refractivity contribution in [1.82, 2.24) is 5.48 Å². The Labute approximate surface area is 68.6 Å². The van der Waals surface area contributed by atoms with Crippen molar-refractivity contribution in [3.05, 3.63) is 12.7 Å². The number of hydroxylamine groups is 1. The standard InChI is InChI=1S/C9H17NO/c1-4-5-11-10-9-6-7(2)8(9)3/h4,7-10H,1,5-6H2,2-3H3. The fraction of sp³-hybridized carbons (Fsp3) is 0.778. The minimum atomic E-state index is 0.560. The highest BCUT2D eigenvalue weighted by molar-refractivity contribution is 4.87. The molecule has 1 N–H and O–H groups in total. The number of rotatable bonds is 4. The van der Waals surface area contributed by atoms with Crippen LogP contribution in [0.25, 0.3) is 0 Å². The van der Waals surface area contributed by atoms with E-state index in [1.165, 1.54) is 6.42 Å². The van der Waals surface area contributed by atoms with E-state index in [0.29, 0.717) is 12.6 Å². The van der Waals surface area contributed by atoms with Crippen molar-refractivity contribution in [2.45, 2.75) is 26.3 Å². The van der Waals surface area contributed by atoms with Gasteiger partial charge in [0.25, 0.3) is 0 Å². The second-order valence-corrected chi connectivity index (χ2v) is 3.40. The van der Waals surface area contributed by atoms with E-state index in [9.17, 15) is 0 Å². The van der Waals surface area contributed by atoms with Crippen LogP contribution in [0.5, 0.6) is 0 Å². The van der Waals surface area contributed by atoms with E-state index in [0.717, 1.165) is 11.8 Å². The minimum Gasteiger partial charge on any atom is -0.297 e. The molecule has 1 rings (SSSR count). The molecular formula is C9H17NO. The summed E-state index contributed by atoms with van der Waals surface area (Å²) in [5, 5.41) is 0. The summed E-state index contributed by atoms with van der Waals surface area (Å²) in [7, 11) is 0. The van der Waals surface area contributed by atoms with Gasteiger partial charge in [-0.15, -0.1) is 6.58 Å². The lowest BCUT2D eigenvalue weighted by atomic mass is 9.72. The maximum Gasteiger partial charge on any atom is 0.0861 e. The molecule has 0 spiro atoms. The van der Waals surface area contributed by atoms with E-state index < -0.39 is 0 Å². The smallest absolute Gasteiger partial charge is 0.0861 e. The van der Waals surface area contributed by atoms with Gasteiger partial charge in [-0.1, -0.05) is 19.9 Å². The van der Waals surface area contributed by atoms with Gasteiger partial charge in [0.1, 0.15) is 0 Å². The molecule has 1 fully saturated rings. The van der Waals surface area contributed by atoms with Crippen LogP contribution in [0, 0.1) is 11.8 Å². The van der Waals surface area contributed by atoms with Crippen molar-refractivity contribution >= 4 is 0 Å². The molecule has 2 nitrogen and oxygen atoms in total. The molecule has 0 bridgehead atoms. The van der Waals surface area contributed by atoms with E-state index in [-0.39, 0.29) is 0 Å². The van der Waals surface area contributed by atoms with Crippen LogP contribution in [0.1, 0.15) is 20.3 Å². The fourth-order valence-corrected chi connectivity index (χ4v) is 1.40. The van der Waals surface area contributed by atoms with Gasteiger partial charge in [-0.2, -0.15) is 5.48 Å². The highest BCUT2D eigenvalue weighted by atomic mass is 16.6. The fourth-order valence-electron chi connectivity index (χ4n) is 1.40. The Balaban J connectivity index is 2.05. The zero-order valence-electron chi connectivity index (χ0n) is 7.34. The first-order valence-corrected chi connectivity index (χ1v) is 4.24. The van der Waals surface area contributed by atoms with Gasteiger partial charge in [-0.3, -0.25) is 4.84 Å². The Bertz CT molecular complexity index is 136. The van der Waals surface area contributed by atoms with Gasteiger partial charge in [0.05, 0.1) is 6.61 Å². The zero-order chi connectivity index (χ0) is 8.27. The molecule has 3 atom stereocenters. The Kier molecular flexibility index (Phi) is 3.09. The van der Waals surface area contributed by atoms with E-state index in [1.807, 2.05) is 0 Å². The van der Waals surface area contributed by atoms with E-state index in [4.69, 9.17) is 4.84 Å². The third kappa shape index (κ3) is 2.04. The van der Waals surface area contributed by atoms with Gasteiger partial charge in [0.2, 0.25) is 0 Å². The molecule has 0 aromatic rings. The monoisotopic (exact) mass is 155 g/mol. The van der Waals surface area contributed by atoms with Gasteiger partial charge < -0.3 is 0 Å². The molecular weight excluding hydrogens is 138 g/mol. The second-order valence-electron chi connectivity index (χ2n) is 3.40. The summed E-state index contributed by atoms with van der Waals surface area (Å²) in [6.45, 7) is 8.69. The van der Waals surface area contributed by atoms with Gasteiger partial charge in [-0.25, -0.2) is 0 Å². The van der Waals surface area contributed by atoms with Crippen molar-refractivity contribution in [3.8, 4) is 0 Å². The zero-order valence-corrected chi connectivity index (χ0v) is 7.34. The van der Waals surface area contributed by atoms with Gasteiger partial charge in [-0.05, 0) is 18.3 Å². The molecule has 1 aliphatic carbocycles. The molecule has 0 aromatic heterocycles. The molecule has 11 heavy (non-hydrogen) atoms. The number of hydrogen-bond acceptors (Lipinski definition) is 2. The first kappa shape index (κ1) is 8.75. The van der Waals surface area contributed by atoms with Crippen LogP contribution in [0.4, 0.5) is 0 Å². The SMILES string of the molecule is C=CCONC1CC(C)C1C. The molecule has 0 heterocycles. The van der Waals surface area contributed by atoms with E-state index in [1.54, 1.807) is 6.08 Å².